The summed E-state index contributed by atoms with van der Waals surface area (Å²) < 4.78 is 12.4. The lowest BCUT2D eigenvalue weighted by molar-refractivity contribution is 0.0962. The average Bonchev–Trinajstić information content (AvgIpc) is 3.33. The average molecular weight is 358 g/mol. The van der Waals surface area contributed by atoms with E-state index in [9.17, 15) is 10.1 Å². The monoisotopic (exact) mass is 358 g/mol. The largest absolute Gasteiger partial charge is 0.493 e. The molecule has 0 saturated heterocycles. The van der Waals surface area contributed by atoms with Crippen molar-refractivity contribution in [3.05, 3.63) is 72.4 Å². The predicted molar refractivity (Wildman–Crippen MR) is 96.8 cm³/mol. The van der Waals surface area contributed by atoms with Gasteiger partial charge in [-0.3, -0.25) is 4.79 Å². The quantitative estimate of drug-likeness (QED) is 0.507. The number of fused-ring (bicyclic) bond motifs is 1. The number of hydrogen-bond acceptors (Lipinski definition) is 6. The van der Waals surface area contributed by atoms with Crippen molar-refractivity contribution < 1.29 is 13.9 Å². The second-order valence-electron chi connectivity index (χ2n) is 5.77. The molecule has 1 unspecified atom stereocenters. The highest BCUT2D eigenvalue weighted by Gasteiger charge is 2.31. The standard InChI is InChI=1S/C20H14N4O3/c1-26-17-12-24(13-7-3-2-4-8-13)23-18(17)19(25)14(11-21)20-22-15-9-5-6-10-16(15)27-20/h2-10,12,14H,1H3. The van der Waals surface area contributed by atoms with Crippen LogP contribution in [0.25, 0.3) is 16.8 Å². The molecule has 0 spiro atoms. The summed E-state index contributed by atoms with van der Waals surface area (Å²) in [5.41, 5.74) is 1.92. The Morgan fingerprint density at radius 1 is 1.19 bits per heavy atom. The van der Waals surface area contributed by atoms with Gasteiger partial charge in [-0.25, -0.2) is 9.67 Å². The van der Waals surface area contributed by atoms with Gasteiger partial charge < -0.3 is 9.15 Å². The minimum Gasteiger partial charge on any atom is -0.493 e. The number of nitriles is 1. The number of ether oxygens (including phenoxy) is 1. The summed E-state index contributed by atoms with van der Waals surface area (Å²) in [6.07, 6.45) is 1.60. The summed E-state index contributed by atoms with van der Waals surface area (Å²) >= 11 is 0. The Kier molecular flexibility index (Phi) is 4.15. The zero-order valence-electron chi connectivity index (χ0n) is 14.4. The molecule has 132 valence electrons. The number of carbonyl (C=O) groups is 1. The molecule has 2 aromatic heterocycles. The third-order valence-corrected chi connectivity index (χ3v) is 4.10. The topological polar surface area (TPSA) is 93.9 Å². The maximum atomic E-state index is 13.0. The Bertz CT molecular complexity index is 1120. The van der Waals surface area contributed by atoms with Crippen LogP contribution in [0, 0.1) is 11.3 Å². The Morgan fingerprint density at radius 2 is 1.93 bits per heavy atom. The number of aromatic nitrogens is 3. The van der Waals surface area contributed by atoms with Crippen LogP contribution in [0.5, 0.6) is 5.75 Å². The summed E-state index contributed by atoms with van der Waals surface area (Å²) in [6.45, 7) is 0. The number of carbonyl (C=O) groups excluding carboxylic acids is 1. The Hall–Kier alpha value is -3.92. The number of benzene rings is 2. The van der Waals surface area contributed by atoms with Gasteiger partial charge in [-0.2, -0.15) is 10.4 Å². The van der Waals surface area contributed by atoms with Crippen LogP contribution < -0.4 is 4.74 Å². The minimum atomic E-state index is -1.22. The third kappa shape index (κ3) is 2.93. The van der Waals surface area contributed by atoms with Crippen LogP contribution in [-0.4, -0.2) is 27.7 Å². The number of oxazole rings is 1. The van der Waals surface area contributed by atoms with Crippen molar-refractivity contribution in [2.24, 2.45) is 0 Å². The molecule has 2 heterocycles. The normalized spacial score (nSPS) is 11.9. The van der Waals surface area contributed by atoms with Crippen LogP contribution in [0.15, 0.2) is 65.2 Å². The first kappa shape index (κ1) is 16.5. The van der Waals surface area contributed by atoms with E-state index in [4.69, 9.17) is 9.15 Å². The van der Waals surface area contributed by atoms with Gasteiger partial charge in [0, 0.05) is 0 Å². The summed E-state index contributed by atoms with van der Waals surface area (Å²) in [5, 5.41) is 13.9. The summed E-state index contributed by atoms with van der Waals surface area (Å²) in [6, 6.07) is 18.4. The maximum absolute atomic E-state index is 13.0. The molecule has 2 aromatic carbocycles. The molecule has 0 radical (unpaired) electrons. The molecule has 7 nitrogen and oxygen atoms in total. The Balaban J connectivity index is 1.74. The van der Waals surface area contributed by atoms with Crippen molar-refractivity contribution in [2.75, 3.05) is 7.11 Å². The molecule has 27 heavy (non-hydrogen) atoms. The first-order chi connectivity index (χ1) is 13.2. The van der Waals surface area contributed by atoms with E-state index in [0.29, 0.717) is 11.1 Å². The first-order valence-corrected chi connectivity index (χ1v) is 8.19. The van der Waals surface area contributed by atoms with Gasteiger partial charge in [-0.15, -0.1) is 0 Å². The van der Waals surface area contributed by atoms with Crippen molar-refractivity contribution in [2.45, 2.75) is 5.92 Å². The first-order valence-electron chi connectivity index (χ1n) is 8.19. The molecule has 7 heteroatoms. The van der Waals surface area contributed by atoms with E-state index < -0.39 is 11.7 Å². The van der Waals surface area contributed by atoms with Gasteiger partial charge in [-0.1, -0.05) is 30.3 Å². The van der Waals surface area contributed by atoms with Crippen molar-refractivity contribution in [1.29, 1.82) is 5.26 Å². The van der Waals surface area contributed by atoms with Crippen LogP contribution in [-0.2, 0) is 0 Å². The van der Waals surface area contributed by atoms with Crippen molar-refractivity contribution >= 4 is 16.9 Å². The third-order valence-electron chi connectivity index (χ3n) is 4.10. The molecule has 0 saturated carbocycles. The maximum Gasteiger partial charge on any atom is 0.220 e. The van der Waals surface area contributed by atoms with Gasteiger partial charge in [-0.05, 0) is 24.3 Å². The molecule has 0 bridgehead atoms. The van der Waals surface area contributed by atoms with Crippen molar-refractivity contribution in [3.8, 4) is 17.5 Å². The molecule has 0 N–H and O–H groups in total. The highest BCUT2D eigenvalue weighted by molar-refractivity contribution is 6.03. The zero-order chi connectivity index (χ0) is 18.8. The van der Waals surface area contributed by atoms with E-state index in [0.717, 1.165) is 5.69 Å². The number of hydrogen-bond donors (Lipinski definition) is 0. The van der Waals surface area contributed by atoms with Crippen LogP contribution in [0.1, 0.15) is 22.3 Å². The van der Waals surface area contributed by atoms with Gasteiger partial charge in [0.15, 0.2) is 22.9 Å². The fraction of sp³-hybridized carbons (Fsp3) is 0.100. The van der Waals surface area contributed by atoms with Crippen molar-refractivity contribution in [1.82, 2.24) is 14.8 Å². The summed E-state index contributed by atoms with van der Waals surface area (Å²) in [5.74, 6) is -1.43. The van der Waals surface area contributed by atoms with E-state index in [-0.39, 0.29) is 17.3 Å². The number of Topliss-reactive ketones (excluding diaryl/α,β-unsaturated/α-hetero) is 1. The van der Waals surface area contributed by atoms with Crippen LogP contribution in [0.3, 0.4) is 0 Å². The van der Waals surface area contributed by atoms with Crippen LogP contribution in [0.2, 0.25) is 0 Å². The van der Waals surface area contributed by atoms with Crippen molar-refractivity contribution in [3.63, 3.8) is 0 Å². The van der Waals surface area contributed by atoms with Crippen LogP contribution >= 0.6 is 0 Å². The van der Waals surface area contributed by atoms with E-state index in [2.05, 4.69) is 10.1 Å². The zero-order valence-corrected chi connectivity index (χ0v) is 14.4. The molecule has 0 aliphatic carbocycles. The molecule has 1 atom stereocenters. The highest BCUT2D eigenvalue weighted by Crippen LogP contribution is 2.28. The SMILES string of the molecule is COc1cn(-c2ccccc2)nc1C(=O)C(C#N)c1nc2ccccc2o1. The molecule has 0 amide bonds. The lowest BCUT2D eigenvalue weighted by Gasteiger charge is -2.03. The molecule has 4 aromatic rings. The number of methoxy groups -OCH3 is 1. The molecular formula is C20H14N4O3. The highest BCUT2D eigenvalue weighted by atomic mass is 16.5. The van der Waals surface area contributed by atoms with E-state index in [1.54, 1.807) is 24.4 Å². The van der Waals surface area contributed by atoms with Gasteiger partial charge in [0.05, 0.1) is 25.1 Å². The number of nitrogens with zero attached hydrogens (tertiary/aromatic N) is 4. The molecule has 0 fully saturated rings. The van der Waals surface area contributed by atoms with Gasteiger partial charge in [0.1, 0.15) is 5.52 Å². The fourth-order valence-electron chi connectivity index (χ4n) is 2.77. The van der Waals surface area contributed by atoms with E-state index in [1.165, 1.54) is 11.8 Å². The lowest BCUT2D eigenvalue weighted by Crippen LogP contribution is -2.13. The van der Waals surface area contributed by atoms with Gasteiger partial charge in [0.25, 0.3) is 0 Å². The summed E-state index contributed by atoms with van der Waals surface area (Å²) in [4.78, 5) is 17.3. The fourth-order valence-corrected chi connectivity index (χ4v) is 2.77. The number of para-hydroxylation sites is 3. The smallest absolute Gasteiger partial charge is 0.220 e. The molecular weight excluding hydrogens is 344 g/mol. The lowest BCUT2D eigenvalue weighted by atomic mass is 10.0. The summed E-state index contributed by atoms with van der Waals surface area (Å²) in [7, 11) is 1.45. The van der Waals surface area contributed by atoms with E-state index in [1.807, 2.05) is 42.5 Å². The Labute approximate surface area is 154 Å². The molecule has 4 rings (SSSR count). The number of ketones is 1. The second-order valence-corrected chi connectivity index (χ2v) is 5.77. The minimum absolute atomic E-state index is 0.0417. The predicted octanol–water partition coefficient (Wildman–Crippen LogP) is 3.51. The number of rotatable bonds is 5. The second kappa shape index (κ2) is 6.77. The van der Waals surface area contributed by atoms with Gasteiger partial charge in [0.2, 0.25) is 11.7 Å². The van der Waals surface area contributed by atoms with Crippen LogP contribution in [0.4, 0.5) is 0 Å². The van der Waals surface area contributed by atoms with E-state index >= 15 is 0 Å². The van der Waals surface area contributed by atoms with Gasteiger partial charge >= 0.3 is 0 Å². The molecule has 0 aliphatic heterocycles. The molecule has 0 aliphatic rings. The Morgan fingerprint density at radius 3 is 2.63 bits per heavy atom.